The van der Waals surface area contributed by atoms with E-state index in [1.54, 1.807) is 0 Å². The summed E-state index contributed by atoms with van der Waals surface area (Å²) in [7, 11) is -6.98. The summed E-state index contributed by atoms with van der Waals surface area (Å²) in [5.41, 5.74) is 14.7. The molecule has 0 atom stereocenters. The van der Waals surface area contributed by atoms with Crippen LogP contribution in [0.1, 0.15) is 0 Å². The minimum Gasteiger partial charge on any atom is -0.309 e. The first-order valence-electron chi connectivity index (χ1n) is 27.2. The highest BCUT2D eigenvalue weighted by atomic mass is 31.2. The van der Waals surface area contributed by atoms with E-state index in [-0.39, 0.29) is 0 Å². The maximum absolute atomic E-state index is 16.7. The second-order valence-corrected chi connectivity index (χ2v) is 26.9. The zero-order valence-electron chi connectivity index (χ0n) is 42.9. The molecule has 0 spiro atoms. The standard InChI is InChI=1S/C72H44N4O2P2/c77-79(49-25-15-23-47(39-49)75-61-33-13-9-29-53(61)57-41-63-55(43-65(57)75)51-27-7-11-31-59(51)73(63)45-19-3-1-4-20-45)67-35-17-37-69-71(67)72-68(79)36-18-38-70(72)80(69,78)50-26-16-24-48(40-50)76-62-34-14-10-30-54(62)58-42-64-56(44-66(58)76)52-28-8-12-32-60(52)74(64)46-21-5-2-6-22-46/h1-44H. The van der Waals surface area contributed by atoms with Gasteiger partial charge in [0.15, 0.2) is 14.3 Å². The first-order valence-corrected chi connectivity index (χ1v) is 30.6. The number of nitrogens with zero attached hydrogens (tertiary/aromatic N) is 4. The first-order chi connectivity index (χ1) is 39.5. The smallest absolute Gasteiger partial charge is 0.172 e. The molecule has 0 fully saturated rings. The van der Waals surface area contributed by atoms with Gasteiger partial charge >= 0.3 is 0 Å². The molecule has 0 amide bonds. The molecule has 0 aliphatic carbocycles. The molecule has 374 valence electrons. The molecule has 0 unspecified atom stereocenters. The second-order valence-electron chi connectivity index (χ2n) is 21.5. The number of hydrogen-bond acceptors (Lipinski definition) is 2. The van der Waals surface area contributed by atoms with Gasteiger partial charge in [-0.1, -0.05) is 170 Å². The summed E-state index contributed by atoms with van der Waals surface area (Å²) in [5, 5.41) is 13.8. The van der Waals surface area contributed by atoms with E-state index in [1.165, 1.54) is 21.5 Å². The van der Waals surface area contributed by atoms with Crippen molar-refractivity contribution in [2.45, 2.75) is 0 Å². The van der Waals surface area contributed by atoms with E-state index < -0.39 is 14.3 Å². The van der Waals surface area contributed by atoms with Crippen molar-refractivity contribution < 1.29 is 9.13 Å². The van der Waals surface area contributed by atoms with Gasteiger partial charge in [0.2, 0.25) is 0 Å². The van der Waals surface area contributed by atoms with Gasteiger partial charge in [-0.3, -0.25) is 0 Å². The molecule has 2 aliphatic heterocycles. The molecule has 4 aromatic heterocycles. The Morgan fingerprint density at radius 3 is 0.800 bits per heavy atom. The highest BCUT2D eigenvalue weighted by molar-refractivity contribution is 7.89. The van der Waals surface area contributed by atoms with Crippen LogP contribution in [-0.4, -0.2) is 18.3 Å². The number of hydrogen-bond donors (Lipinski definition) is 0. The van der Waals surface area contributed by atoms with Crippen molar-refractivity contribution in [1.29, 1.82) is 0 Å². The minimum atomic E-state index is -3.49. The largest absolute Gasteiger partial charge is 0.309 e. The zero-order valence-corrected chi connectivity index (χ0v) is 44.7. The van der Waals surface area contributed by atoms with Crippen molar-refractivity contribution >= 4 is 133 Å². The van der Waals surface area contributed by atoms with Gasteiger partial charge in [-0.2, -0.15) is 0 Å². The molecule has 2 aliphatic rings. The molecule has 80 heavy (non-hydrogen) atoms. The van der Waals surface area contributed by atoms with Gasteiger partial charge in [0.1, 0.15) is 0 Å². The van der Waals surface area contributed by atoms with Crippen LogP contribution in [0.3, 0.4) is 0 Å². The Labute approximate surface area is 459 Å². The van der Waals surface area contributed by atoms with Gasteiger partial charge in [0.25, 0.3) is 0 Å². The maximum Gasteiger partial charge on any atom is 0.172 e. The van der Waals surface area contributed by atoms with Crippen LogP contribution in [0.4, 0.5) is 0 Å². The summed E-state index contributed by atoms with van der Waals surface area (Å²) in [6, 6.07) is 93.9. The number of rotatable bonds is 6. The van der Waals surface area contributed by atoms with Crippen molar-refractivity contribution in [1.82, 2.24) is 18.3 Å². The van der Waals surface area contributed by atoms with E-state index in [2.05, 4.69) is 237 Å². The summed E-state index contributed by atoms with van der Waals surface area (Å²) in [5.74, 6) is 0. The fourth-order valence-electron chi connectivity index (χ4n) is 14.2. The van der Waals surface area contributed by atoms with E-state index in [1.807, 2.05) is 48.5 Å². The third-order valence-corrected chi connectivity index (χ3v) is 23.7. The Bertz CT molecular complexity index is 5110. The van der Waals surface area contributed by atoms with Gasteiger partial charge in [0.05, 0.1) is 44.1 Å². The molecule has 6 nitrogen and oxygen atoms in total. The average Bonchev–Trinajstić information content (AvgIpc) is 4.51. The molecule has 6 heterocycles. The van der Waals surface area contributed by atoms with Crippen LogP contribution in [0.25, 0.3) is 121 Å². The van der Waals surface area contributed by atoms with Crippen molar-refractivity contribution in [2.24, 2.45) is 0 Å². The number of para-hydroxylation sites is 6. The molecule has 8 heteroatoms. The van der Waals surface area contributed by atoms with Crippen molar-refractivity contribution in [3.05, 3.63) is 267 Å². The van der Waals surface area contributed by atoms with E-state index in [9.17, 15) is 0 Å². The van der Waals surface area contributed by atoms with Gasteiger partial charge in [0, 0.05) is 109 Å². The second kappa shape index (κ2) is 16.0. The Kier molecular flexibility index (Phi) is 8.84. The highest BCUT2D eigenvalue weighted by Gasteiger charge is 2.52. The SMILES string of the molecule is O=P1(c2cccc(-n3c4ccccc4c4cc5c(cc43)c3ccccc3n5-c3ccccc3)c2)c2cccc3c2-c2c1cccc2P3(=O)c1cccc(-n2c3ccccc3c3cc4c(cc32)c2ccccc2n4-c2ccccc2)c1. The number of benzene rings is 12. The molecule has 0 N–H and O–H groups in total. The van der Waals surface area contributed by atoms with E-state index in [0.29, 0.717) is 0 Å². The monoisotopic (exact) mass is 1060 g/mol. The van der Waals surface area contributed by atoms with Crippen LogP contribution in [0.2, 0.25) is 0 Å². The zero-order chi connectivity index (χ0) is 52.6. The van der Waals surface area contributed by atoms with Crippen molar-refractivity contribution in [3.63, 3.8) is 0 Å². The molecule has 18 rings (SSSR count). The lowest BCUT2D eigenvalue weighted by Crippen LogP contribution is -2.28. The number of aromatic nitrogens is 4. The van der Waals surface area contributed by atoms with Gasteiger partial charge in [-0.15, -0.1) is 0 Å². The van der Waals surface area contributed by atoms with Gasteiger partial charge in [-0.05, 0) is 97.1 Å². The fraction of sp³-hybridized carbons (Fsp3) is 0. The van der Waals surface area contributed by atoms with Crippen LogP contribution in [-0.2, 0) is 9.13 Å². The normalized spacial score (nSPS) is 14.1. The molecular formula is C72H44N4O2P2. The first kappa shape index (κ1) is 44.3. The predicted octanol–water partition coefficient (Wildman–Crippen LogP) is 15.6. The lowest BCUT2D eigenvalue weighted by molar-refractivity contribution is 0.592. The summed E-state index contributed by atoms with van der Waals surface area (Å²) < 4.78 is 42.8. The van der Waals surface area contributed by atoms with Gasteiger partial charge in [-0.25, -0.2) is 0 Å². The molecular weight excluding hydrogens is 1010 g/mol. The van der Waals surface area contributed by atoms with Crippen LogP contribution in [0, 0.1) is 0 Å². The lowest BCUT2D eigenvalue weighted by Gasteiger charge is -2.22. The highest BCUT2D eigenvalue weighted by Crippen LogP contribution is 2.61. The van der Waals surface area contributed by atoms with Crippen molar-refractivity contribution in [3.8, 4) is 33.9 Å². The molecule has 0 saturated heterocycles. The summed E-state index contributed by atoms with van der Waals surface area (Å²) in [4.78, 5) is 0. The third kappa shape index (κ3) is 5.64. The Morgan fingerprint density at radius 1 is 0.212 bits per heavy atom. The van der Waals surface area contributed by atoms with Crippen LogP contribution >= 0.6 is 14.3 Å². The van der Waals surface area contributed by atoms with E-state index in [4.69, 9.17) is 0 Å². The third-order valence-electron chi connectivity index (χ3n) is 17.5. The lowest BCUT2D eigenvalue weighted by atomic mass is 10.1. The summed E-state index contributed by atoms with van der Waals surface area (Å²) in [6.45, 7) is 0. The quantitative estimate of drug-likeness (QED) is 0.156. The van der Waals surface area contributed by atoms with Gasteiger partial charge < -0.3 is 27.4 Å². The van der Waals surface area contributed by atoms with Crippen molar-refractivity contribution in [2.75, 3.05) is 0 Å². The average molecular weight is 1060 g/mol. The minimum absolute atomic E-state index is 0.752. The Morgan fingerprint density at radius 2 is 0.475 bits per heavy atom. The van der Waals surface area contributed by atoms with Crippen LogP contribution in [0.15, 0.2) is 267 Å². The Hall–Kier alpha value is -9.70. The van der Waals surface area contributed by atoms with Crippen LogP contribution < -0.4 is 31.8 Å². The molecule has 0 radical (unpaired) electrons. The fourth-order valence-corrected chi connectivity index (χ4v) is 20.6. The van der Waals surface area contributed by atoms with Crippen LogP contribution in [0.5, 0.6) is 0 Å². The predicted molar refractivity (Wildman–Crippen MR) is 335 cm³/mol. The summed E-state index contributed by atoms with van der Waals surface area (Å²) >= 11 is 0. The molecule has 12 aromatic carbocycles. The topological polar surface area (TPSA) is 53.9 Å². The maximum atomic E-state index is 16.7. The van der Waals surface area contributed by atoms with E-state index in [0.717, 1.165) is 131 Å². The summed E-state index contributed by atoms with van der Waals surface area (Å²) in [6.07, 6.45) is 0. The molecule has 0 saturated carbocycles. The molecule has 16 aromatic rings. The molecule has 0 bridgehead atoms. The van der Waals surface area contributed by atoms with E-state index >= 15 is 9.13 Å². The number of fused-ring (bicyclic) bond motifs is 12. The Balaban J connectivity index is 0.793.